The normalized spacial score (nSPS) is 20.4. The van der Waals surface area contributed by atoms with E-state index in [1.165, 1.54) is 89.9 Å². The lowest BCUT2D eigenvalue weighted by molar-refractivity contribution is -0.164. The standard InChI is InChI=1S/C30H59NO4S/c1-4-6-8-10-12-14-16-18-20-27(32)23-31-22-26(3)35-30(34)29(31)25-36-24-28(33)21-19-17-15-13-11-9-7-5-2/h26-29,32-33H,4-25H2,1-3H3. The molecular weight excluding hydrogens is 470 g/mol. The highest BCUT2D eigenvalue weighted by Crippen LogP contribution is 2.21. The highest BCUT2D eigenvalue weighted by molar-refractivity contribution is 7.99. The van der Waals surface area contributed by atoms with Crippen molar-refractivity contribution < 1.29 is 19.7 Å². The Labute approximate surface area is 227 Å². The summed E-state index contributed by atoms with van der Waals surface area (Å²) < 4.78 is 5.51. The first-order chi connectivity index (χ1) is 17.5. The highest BCUT2D eigenvalue weighted by Gasteiger charge is 2.35. The zero-order valence-corrected chi connectivity index (χ0v) is 24.7. The molecule has 1 aliphatic heterocycles. The molecule has 0 aromatic rings. The van der Waals surface area contributed by atoms with Gasteiger partial charge in [-0.25, -0.2) is 0 Å². The molecule has 0 amide bonds. The fourth-order valence-electron chi connectivity index (χ4n) is 5.08. The molecule has 1 fully saturated rings. The van der Waals surface area contributed by atoms with E-state index in [9.17, 15) is 15.0 Å². The number of hydrogen-bond donors (Lipinski definition) is 2. The number of carbonyl (C=O) groups excluding carboxylic acids is 1. The van der Waals surface area contributed by atoms with Crippen LogP contribution in [0, 0.1) is 0 Å². The van der Waals surface area contributed by atoms with Crippen molar-refractivity contribution in [1.29, 1.82) is 0 Å². The van der Waals surface area contributed by atoms with Crippen molar-refractivity contribution in [3.63, 3.8) is 0 Å². The summed E-state index contributed by atoms with van der Waals surface area (Å²) in [5, 5.41) is 21.0. The van der Waals surface area contributed by atoms with Crippen LogP contribution in [0.1, 0.15) is 136 Å². The van der Waals surface area contributed by atoms with Gasteiger partial charge in [-0.15, -0.1) is 0 Å². The first kappa shape index (κ1) is 33.7. The number of aliphatic hydroxyl groups excluding tert-OH is 2. The van der Waals surface area contributed by atoms with Crippen LogP contribution in [0.5, 0.6) is 0 Å². The molecule has 1 rings (SSSR count). The van der Waals surface area contributed by atoms with Gasteiger partial charge in [0.25, 0.3) is 0 Å². The number of ether oxygens (including phenoxy) is 1. The van der Waals surface area contributed by atoms with Crippen LogP contribution >= 0.6 is 11.8 Å². The van der Waals surface area contributed by atoms with Gasteiger partial charge in [0, 0.05) is 24.6 Å². The van der Waals surface area contributed by atoms with Crippen molar-refractivity contribution in [3.8, 4) is 0 Å². The maximum absolute atomic E-state index is 12.6. The number of cyclic esters (lactones) is 1. The quantitative estimate of drug-likeness (QED) is 0.102. The third kappa shape index (κ3) is 17.3. The Kier molecular flexibility index (Phi) is 21.2. The van der Waals surface area contributed by atoms with Crippen molar-refractivity contribution >= 4 is 17.7 Å². The van der Waals surface area contributed by atoms with E-state index in [-0.39, 0.29) is 24.2 Å². The second-order valence-electron chi connectivity index (χ2n) is 11.1. The van der Waals surface area contributed by atoms with E-state index in [1.54, 1.807) is 11.8 Å². The first-order valence-electron chi connectivity index (χ1n) is 15.4. The SMILES string of the molecule is CCCCCCCCCCC(O)CSCC1C(=O)OC(C)CN1CC(O)CCCCCCCCCC. The van der Waals surface area contributed by atoms with Crippen LogP contribution in [0.4, 0.5) is 0 Å². The molecule has 0 spiro atoms. The number of morpholine rings is 1. The highest BCUT2D eigenvalue weighted by atomic mass is 32.2. The van der Waals surface area contributed by atoms with Crippen molar-refractivity contribution in [2.24, 2.45) is 0 Å². The van der Waals surface area contributed by atoms with Gasteiger partial charge in [0.15, 0.2) is 0 Å². The van der Waals surface area contributed by atoms with Crippen molar-refractivity contribution in [2.45, 2.75) is 161 Å². The smallest absolute Gasteiger partial charge is 0.324 e. The minimum atomic E-state index is -0.400. The molecule has 1 heterocycles. The maximum atomic E-state index is 12.6. The predicted octanol–water partition coefficient (Wildman–Crippen LogP) is 7.12. The second kappa shape index (κ2) is 22.7. The molecule has 0 aliphatic carbocycles. The summed E-state index contributed by atoms with van der Waals surface area (Å²) in [6, 6.07) is -0.324. The number of carbonyl (C=O) groups is 1. The largest absolute Gasteiger partial charge is 0.460 e. The van der Waals surface area contributed by atoms with Gasteiger partial charge in [-0.2, -0.15) is 11.8 Å². The lowest BCUT2D eigenvalue weighted by Crippen LogP contribution is -2.55. The molecule has 4 atom stereocenters. The molecule has 4 unspecified atom stereocenters. The summed E-state index contributed by atoms with van der Waals surface area (Å²) in [6.45, 7) is 7.62. The molecule has 6 heteroatoms. The number of nitrogens with zero attached hydrogens (tertiary/aromatic N) is 1. The number of rotatable bonds is 24. The van der Waals surface area contributed by atoms with E-state index in [0.717, 1.165) is 25.7 Å². The van der Waals surface area contributed by atoms with Crippen molar-refractivity contribution in [3.05, 3.63) is 0 Å². The van der Waals surface area contributed by atoms with Gasteiger partial charge in [-0.1, -0.05) is 117 Å². The van der Waals surface area contributed by atoms with Crippen LogP contribution in [0.15, 0.2) is 0 Å². The van der Waals surface area contributed by atoms with E-state index >= 15 is 0 Å². The molecule has 1 aliphatic rings. The number of esters is 1. The van der Waals surface area contributed by atoms with Crippen LogP contribution in [-0.2, 0) is 9.53 Å². The van der Waals surface area contributed by atoms with E-state index in [2.05, 4.69) is 18.7 Å². The van der Waals surface area contributed by atoms with Gasteiger partial charge in [-0.05, 0) is 19.8 Å². The molecule has 0 aromatic carbocycles. The zero-order valence-electron chi connectivity index (χ0n) is 23.9. The number of unbranched alkanes of at least 4 members (excludes halogenated alkanes) is 14. The first-order valence-corrected chi connectivity index (χ1v) is 16.5. The van der Waals surface area contributed by atoms with Gasteiger partial charge in [0.2, 0.25) is 0 Å². The molecular formula is C30H59NO4S. The van der Waals surface area contributed by atoms with Gasteiger partial charge in [-0.3, -0.25) is 9.69 Å². The Morgan fingerprint density at radius 3 is 1.81 bits per heavy atom. The summed E-state index contributed by atoms with van der Waals surface area (Å²) in [6.07, 6.45) is 21.1. The van der Waals surface area contributed by atoms with Crippen molar-refractivity contribution in [1.82, 2.24) is 4.90 Å². The fraction of sp³-hybridized carbons (Fsp3) is 0.967. The molecule has 2 N–H and O–H groups in total. The summed E-state index contributed by atoms with van der Waals surface area (Å²) in [5.74, 6) is 1.09. The number of aliphatic hydroxyl groups is 2. The molecule has 36 heavy (non-hydrogen) atoms. The summed E-state index contributed by atoms with van der Waals surface area (Å²) in [4.78, 5) is 14.7. The second-order valence-corrected chi connectivity index (χ2v) is 12.2. The fourth-order valence-corrected chi connectivity index (χ4v) is 6.23. The van der Waals surface area contributed by atoms with Crippen LogP contribution in [0.2, 0.25) is 0 Å². The van der Waals surface area contributed by atoms with Crippen LogP contribution in [0.3, 0.4) is 0 Å². The van der Waals surface area contributed by atoms with Crippen molar-refractivity contribution in [2.75, 3.05) is 24.6 Å². The molecule has 1 saturated heterocycles. The minimum Gasteiger partial charge on any atom is -0.460 e. The number of β-amino-alcohol motifs (C(OH)–C–C–N with tert-alkyl or cyclic N) is 1. The van der Waals surface area contributed by atoms with E-state index in [4.69, 9.17) is 4.74 Å². The summed E-state index contributed by atoms with van der Waals surface area (Å²) in [7, 11) is 0. The van der Waals surface area contributed by atoms with E-state index in [0.29, 0.717) is 24.6 Å². The monoisotopic (exact) mass is 529 g/mol. The Morgan fingerprint density at radius 2 is 1.28 bits per heavy atom. The third-order valence-electron chi connectivity index (χ3n) is 7.33. The Balaban J connectivity index is 2.23. The number of thioether (sulfide) groups is 1. The van der Waals surface area contributed by atoms with Gasteiger partial charge in [0.05, 0.1) is 12.2 Å². The van der Waals surface area contributed by atoms with Crippen LogP contribution in [0.25, 0.3) is 0 Å². The summed E-state index contributed by atoms with van der Waals surface area (Å²) >= 11 is 1.64. The van der Waals surface area contributed by atoms with Gasteiger partial charge < -0.3 is 14.9 Å². The Hall–Kier alpha value is -0.300. The molecule has 0 saturated carbocycles. The molecule has 0 aromatic heterocycles. The van der Waals surface area contributed by atoms with Gasteiger partial charge >= 0.3 is 5.97 Å². The third-order valence-corrected chi connectivity index (χ3v) is 8.51. The lowest BCUT2D eigenvalue weighted by atomic mass is 10.0. The van der Waals surface area contributed by atoms with E-state index < -0.39 is 6.10 Å². The predicted molar refractivity (Wildman–Crippen MR) is 155 cm³/mol. The average Bonchev–Trinajstić information content (AvgIpc) is 2.84. The molecule has 214 valence electrons. The molecule has 0 radical (unpaired) electrons. The Morgan fingerprint density at radius 1 is 0.806 bits per heavy atom. The van der Waals surface area contributed by atoms with Gasteiger partial charge in [0.1, 0.15) is 12.1 Å². The number of hydrogen-bond acceptors (Lipinski definition) is 6. The summed E-state index contributed by atoms with van der Waals surface area (Å²) in [5.41, 5.74) is 0. The van der Waals surface area contributed by atoms with Crippen LogP contribution in [-0.4, -0.2) is 70.0 Å². The van der Waals surface area contributed by atoms with E-state index in [1.807, 2.05) is 6.92 Å². The molecule has 0 bridgehead atoms. The topological polar surface area (TPSA) is 70.0 Å². The average molecular weight is 530 g/mol. The Bertz CT molecular complexity index is 521. The maximum Gasteiger partial charge on any atom is 0.324 e. The molecule has 5 nitrogen and oxygen atoms in total. The minimum absolute atomic E-state index is 0.137. The lowest BCUT2D eigenvalue weighted by Gasteiger charge is -2.38. The zero-order chi connectivity index (χ0) is 26.4. The van der Waals surface area contributed by atoms with Crippen LogP contribution < -0.4 is 0 Å².